The molecule has 1 aromatic rings. The second kappa shape index (κ2) is 4.67. The zero-order valence-electron chi connectivity index (χ0n) is 6.16. The maximum Gasteiger partial charge on any atom is 0.153 e. The number of alkyl halides is 1. The van der Waals surface area contributed by atoms with Gasteiger partial charge in [0.25, 0.3) is 0 Å². The summed E-state index contributed by atoms with van der Waals surface area (Å²) in [6.45, 7) is 1.54. The van der Waals surface area contributed by atoms with Crippen molar-refractivity contribution < 1.29 is 4.39 Å². The molecule has 0 saturated carbocycles. The molecule has 0 amide bonds. The molecule has 0 aliphatic heterocycles. The van der Waals surface area contributed by atoms with Crippen molar-refractivity contribution in [1.29, 1.82) is 0 Å². The summed E-state index contributed by atoms with van der Waals surface area (Å²) in [6.07, 6.45) is 0. The highest BCUT2D eigenvalue weighted by molar-refractivity contribution is 8.76. The lowest BCUT2D eigenvalue weighted by Crippen LogP contribution is -1.77. The molecule has 0 N–H and O–H groups in total. The van der Waals surface area contributed by atoms with Crippen LogP contribution in [-0.2, 0) is 0 Å². The van der Waals surface area contributed by atoms with E-state index in [1.807, 2.05) is 30.3 Å². The second-order valence-electron chi connectivity index (χ2n) is 2.04. The van der Waals surface area contributed by atoms with Gasteiger partial charge in [-0.15, -0.1) is 0 Å². The molecule has 11 heavy (non-hydrogen) atoms. The smallest absolute Gasteiger partial charge is 0.153 e. The molecule has 60 valence electrons. The fourth-order valence-electron chi connectivity index (χ4n) is 0.598. The molecule has 0 nitrogen and oxygen atoms in total. The first-order chi connectivity index (χ1) is 5.29. The molecule has 1 rings (SSSR count). The van der Waals surface area contributed by atoms with E-state index in [2.05, 4.69) is 0 Å². The molecule has 0 spiro atoms. The molecule has 0 aliphatic rings. The molecule has 3 heteroatoms. The van der Waals surface area contributed by atoms with E-state index in [4.69, 9.17) is 0 Å². The van der Waals surface area contributed by atoms with E-state index < -0.39 is 5.50 Å². The Kier molecular flexibility index (Phi) is 3.80. The van der Waals surface area contributed by atoms with Gasteiger partial charge in [0.1, 0.15) is 0 Å². The number of hydrogen-bond donors (Lipinski definition) is 0. The fourth-order valence-corrected chi connectivity index (χ4v) is 2.17. The predicted octanol–water partition coefficient (Wildman–Crippen LogP) is 3.74. The first-order valence-corrected chi connectivity index (χ1v) is 5.53. The van der Waals surface area contributed by atoms with Gasteiger partial charge in [0, 0.05) is 4.90 Å². The Morgan fingerprint density at radius 1 is 1.27 bits per heavy atom. The molecule has 1 aromatic carbocycles. The van der Waals surface area contributed by atoms with E-state index >= 15 is 0 Å². The van der Waals surface area contributed by atoms with Crippen LogP contribution in [0.15, 0.2) is 35.2 Å². The monoisotopic (exact) mass is 188 g/mol. The highest BCUT2D eigenvalue weighted by atomic mass is 33.1. The maximum absolute atomic E-state index is 12.3. The normalized spacial score (nSPS) is 12.9. The van der Waals surface area contributed by atoms with Crippen molar-refractivity contribution in [2.24, 2.45) is 0 Å². The molecular formula is C8H9FS2. The summed E-state index contributed by atoms with van der Waals surface area (Å²) in [6, 6.07) is 9.80. The number of rotatable bonds is 3. The number of hydrogen-bond acceptors (Lipinski definition) is 2. The average Bonchev–Trinajstić information content (AvgIpc) is 2.03. The van der Waals surface area contributed by atoms with Gasteiger partial charge in [-0.2, -0.15) is 0 Å². The van der Waals surface area contributed by atoms with Gasteiger partial charge in [-0.05, 0) is 19.1 Å². The van der Waals surface area contributed by atoms with Crippen LogP contribution in [-0.4, -0.2) is 5.50 Å². The van der Waals surface area contributed by atoms with Crippen molar-refractivity contribution in [2.45, 2.75) is 17.3 Å². The lowest BCUT2D eigenvalue weighted by Gasteiger charge is -1.99. The van der Waals surface area contributed by atoms with E-state index in [1.165, 1.54) is 21.6 Å². The zero-order valence-corrected chi connectivity index (χ0v) is 7.79. The van der Waals surface area contributed by atoms with Crippen LogP contribution >= 0.6 is 21.6 Å². The Morgan fingerprint density at radius 3 is 2.45 bits per heavy atom. The average molecular weight is 188 g/mol. The van der Waals surface area contributed by atoms with E-state index in [0.29, 0.717) is 0 Å². The van der Waals surface area contributed by atoms with Gasteiger partial charge in [0.2, 0.25) is 0 Å². The van der Waals surface area contributed by atoms with Crippen LogP contribution in [0.2, 0.25) is 0 Å². The zero-order chi connectivity index (χ0) is 8.10. The van der Waals surface area contributed by atoms with Gasteiger partial charge in [-0.1, -0.05) is 39.8 Å². The number of halogens is 1. The molecule has 0 radical (unpaired) electrons. The SMILES string of the molecule is CC(F)SSc1ccccc1. The summed E-state index contributed by atoms with van der Waals surface area (Å²) in [5.41, 5.74) is -0.805. The van der Waals surface area contributed by atoms with Gasteiger partial charge in [-0.3, -0.25) is 0 Å². The van der Waals surface area contributed by atoms with Crippen molar-refractivity contribution in [3.05, 3.63) is 30.3 Å². The standard InChI is InChI=1S/C8H9FS2/c1-7(9)10-11-8-5-3-2-4-6-8/h2-7H,1H3. The molecule has 0 bridgehead atoms. The summed E-state index contributed by atoms with van der Waals surface area (Å²) in [5, 5.41) is 0. The summed E-state index contributed by atoms with van der Waals surface area (Å²) in [5.74, 6) is 0. The summed E-state index contributed by atoms with van der Waals surface area (Å²) < 4.78 is 12.3. The minimum Gasteiger partial charge on any atom is -0.235 e. The molecule has 0 fully saturated rings. The first kappa shape index (κ1) is 8.94. The summed E-state index contributed by atoms with van der Waals surface area (Å²) >= 11 is 0. The van der Waals surface area contributed by atoms with Crippen LogP contribution in [0.4, 0.5) is 4.39 Å². The van der Waals surface area contributed by atoms with Crippen molar-refractivity contribution in [1.82, 2.24) is 0 Å². The van der Waals surface area contributed by atoms with Crippen LogP contribution in [0.1, 0.15) is 6.92 Å². The van der Waals surface area contributed by atoms with Crippen molar-refractivity contribution in [3.8, 4) is 0 Å². The van der Waals surface area contributed by atoms with E-state index in [0.717, 1.165) is 4.90 Å². The minimum absolute atomic E-state index is 0.805. The molecule has 0 aliphatic carbocycles. The lowest BCUT2D eigenvalue weighted by molar-refractivity contribution is 0.486. The van der Waals surface area contributed by atoms with Gasteiger partial charge >= 0.3 is 0 Å². The molecule has 1 unspecified atom stereocenters. The second-order valence-corrected chi connectivity index (χ2v) is 4.59. The highest BCUT2D eigenvalue weighted by Gasteiger charge is 1.99. The minimum atomic E-state index is -0.805. The van der Waals surface area contributed by atoms with Crippen LogP contribution < -0.4 is 0 Å². The number of benzene rings is 1. The Balaban J connectivity index is 2.39. The Morgan fingerprint density at radius 2 is 1.91 bits per heavy atom. The lowest BCUT2D eigenvalue weighted by atomic mass is 10.4. The molecule has 1 atom stereocenters. The largest absolute Gasteiger partial charge is 0.235 e. The van der Waals surface area contributed by atoms with Crippen molar-refractivity contribution in [2.75, 3.05) is 0 Å². The van der Waals surface area contributed by atoms with E-state index in [-0.39, 0.29) is 0 Å². The van der Waals surface area contributed by atoms with Gasteiger partial charge < -0.3 is 0 Å². The third-order valence-electron chi connectivity index (χ3n) is 1.02. The Bertz CT molecular complexity index is 199. The topological polar surface area (TPSA) is 0 Å². The Hall–Kier alpha value is -0.150. The van der Waals surface area contributed by atoms with Crippen molar-refractivity contribution in [3.63, 3.8) is 0 Å². The summed E-state index contributed by atoms with van der Waals surface area (Å²) in [4.78, 5) is 1.10. The molecular weight excluding hydrogens is 179 g/mol. The molecule has 0 aromatic heterocycles. The molecule has 0 heterocycles. The van der Waals surface area contributed by atoms with Crippen LogP contribution in [0.5, 0.6) is 0 Å². The fraction of sp³-hybridized carbons (Fsp3) is 0.250. The van der Waals surface area contributed by atoms with Gasteiger partial charge in [0.15, 0.2) is 5.50 Å². The Labute approximate surface area is 74.0 Å². The van der Waals surface area contributed by atoms with E-state index in [1.54, 1.807) is 6.92 Å². The molecule has 0 saturated heterocycles. The van der Waals surface area contributed by atoms with Gasteiger partial charge in [-0.25, -0.2) is 4.39 Å². The highest BCUT2D eigenvalue weighted by Crippen LogP contribution is 2.34. The summed E-state index contributed by atoms with van der Waals surface area (Å²) in [7, 11) is 2.70. The van der Waals surface area contributed by atoms with Gasteiger partial charge in [0.05, 0.1) is 0 Å². The third kappa shape index (κ3) is 3.68. The third-order valence-corrected chi connectivity index (χ3v) is 3.51. The maximum atomic E-state index is 12.3. The predicted molar refractivity (Wildman–Crippen MR) is 50.5 cm³/mol. The van der Waals surface area contributed by atoms with Crippen LogP contribution in [0, 0.1) is 0 Å². The van der Waals surface area contributed by atoms with Crippen molar-refractivity contribution >= 4 is 21.6 Å². The van der Waals surface area contributed by atoms with Crippen LogP contribution in [0.3, 0.4) is 0 Å². The van der Waals surface area contributed by atoms with E-state index in [9.17, 15) is 4.39 Å². The first-order valence-electron chi connectivity index (χ1n) is 3.31. The quantitative estimate of drug-likeness (QED) is 0.663. The van der Waals surface area contributed by atoms with Crippen LogP contribution in [0.25, 0.3) is 0 Å².